The molecule has 1 heterocycles. The Morgan fingerprint density at radius 2 is 1.67 bits per heavy atom. The standard InChI is InChI=1S/C15H22N2O/c1-11(2)14(16)15(18)17-9-7-12-5-3-4-6-13(12)8-10-17/h3-6,11,14H,7-10,16H2,1-2H3/t14-/m0/s1. The maximum absolute atomic E-state index is 12.2. The molecule has 0 unspecified atom stereocenters. The van der Waals surface area contributed by atoms with Crippen LogP contribution in [0.5, 0.6) is 0 Å². The molecule has 0 aliphatic carbocycles. The number of hydrogen-bond donors (Lipinski definition) is 1. The van der Waals surface area contributed by atoms with Crippen LogP contribution in [0, 0.1) is 5.92 Å². The molecule has 1 amide bonds. The van der Waals surface area contributed by atoms with E-state index in [2.05, 4.69) is 24.3 Å². The molecule has 18 heavy (non-hydrogen) atoms. The van der Waals surface area contributed by atoms with Crippen LogP contribution in [-0.4, -0.2) is 29.9 Å². The molecule has 2 N–H and O–H groups in total. The van der Waals surface area contributed by atoms with Gasteiger partial charge < -0.3 is 10.6 Å². The second kappa shape index (κ2) is 5.53. The Balaban J connectivity index is 2.06. The van der Waals surface area contributed by atoms with Gasteiger partial charge in [0.1, 0.15) is 0 Å². The highest BCUT2D eigenvalue weighted by atomic mass is 16.2. The zero-order chi connectivity index (χ0) is 13.1. The first kappa shape index (κ1) is 13.1. The van der Waals surface area contributed by atoms with Gasteiger partial charge in [0.15, 0.2) is 0 Å². The van der Waals surface area contributed by atoms with Crippen LogP contribution in [0.1, 0.15) is 25.0 Å². The fourth-order valence-electron chi connectivity index (χ4n) is 2.38. The zero-order valence-corrected chi connectivity index (χ0v) is 11.2. The largest absolute Gasteiger partial charge is 0.341 e. The topological polar surface area (TPSA) is 46.3 Å². The first-order chi connectivity index (χ1) is 8.59. The number of nitrogens with zero attached hydrogens (tertiary/aromatic N) is 1. The van der Waals surface area contributed by atoms with Crippen LogP contribution in [0.25, 0.3) is 0 Å². The molecule has 98 valence electrons. The molecule has 1 aromatic carbocycles. The number of amides is 1. The molecule has 3 heteroatoms. The van der Waals surface area contributed by atoms with E-state index < -0.39 is 0 Å². The van der Waals surface area contributed by atoms with Gasteiger partial charge in [-0.15, -0.1) is 0 Å². The van der Waals surface area contributed by atoms with Crippen LogP contribution in [0.15, 0.2) is 24.3 Å². The molecule has 1 aliphatic heterocycles. The fourth-order valence-corrected chi connectivity index (χ4v) is 2.38. The van der Waals surface area contributed by atoms with Gasteiger partial charge in [0, 0.05) is 13.1 Å². The molecule has 1 atom stereocenters. The molecule has 1 aliphatic rings. The Morgan fingerprint density at radius 1 is 1.17 bits per heavy atom. The summed E-state index contributed by atoms with van der Waals surface area (Å²) in [5.41, 5.74) is 8.69. The van der Waals surface area contributed by atoms with Gasteiger partial charge in [0.2, 0.25) is 5.91 Å². The van der Waals surface area contributed by atoms with Crippen LogP contribution in [0.3, 0.4) is 0 Å². The van der Waals surface area contributed by atoms with E-state index in [1.54, 1.807) is 0 Å². The van der Waals surface area contributed by atoms with Crippen molar-refractivity contribution in [3.63, 3.8) is 0 Å². The zero-order valence-electron chi connectivity index (χ0n) is 11.2. The van der Waals surface area contributed by atoms with E-state index in [0.717, 1.165) is 25.9 Å². The molecular formula is C15H22N2O. The lowest BCUT2D eigenvalue weighted by Gasteiger charge is -2.25. The molecule has 0 saturated heterocycles. The van der Waals surface area contributed by atoms with Gasteiger partial charge in [-0.25, -0.2) is 0 Å². The Kier molecular flexibility index (Phi) is 4.02. The summed E-state index contributed by atoms with van der Waals surface area (Å²) in [4.78, 5) is 14.2. The number of nitrogens with two attached hydrogens (primary N) is 1. The normalized spacial score (nSPS) is 17.2. The molecule has 0 bridgehead atoms. The summed E-state index contributed by atoms with van der Waals surface area (Å²) in [5, 5.41) is 0. The van der Waals surface area contributed by atoms with Crippen molar-refractivity contribution < 1.29 is 4.79 Å². The third-order valence-electron chi connectivity index (χ3n) is 3.74. The maximum Gasteiger partial charge on any atom is 0.239 e. The Morgan fingerprint density at radius 3 is 2.11 bits per heavy atom. The highest BCUT2D eigenvalue weighted by Crippen LogP contribution is 2.16. The van der Waals surface area contributed by atoms with E-state index in [1.807, 2.05) is 18.7 Å². The second-order valence-corrected chi connectivity index (χ2v) is 5.36. The van der Waals surface area contributed by atoms with Gasteiger partial charge in [-0.3, -0.25) is 4.79 Å². The second-order valence-electron chi connectivity index (χ2n) is 5.36. The lowest BCUT2D eigenvalue weighted by molar-refractivity contribution is -0.133. The summed E-state index contributed by atoms with van der Waals surface area (Å²) in [6.45, 7) is 5.57. The van der Waals surface area contributed by atoms with Crippen LogP contribution >= 0.6 is 0 Å². The molecule has 0 spiro atoms. The van der Waals surface area contributed by atoms with E-state index >= 15 is 0 Å². The van der Waals surface area contributed by atoms with Gasteiger partial charge in [-0.1, -0.05) is 38.1 Å². The van der Waals surface area contributed by atoms with Crippen molar-refractivity contribution in [2.45, 2.75) is 32.7 Å². The number of carbonyl (C=O) groups excluding carboxylic acids is 1. The first-order valence-corrected chi connectivity index (χ1v) is 6.70. The van der Waals surface area contributed by atoms with Crippen molar-refractivity contribution in [2.75, 3.05) is 13.1 Å². The van der Waals surface area contributed by atoms with Crippen molar-refractivity contribution in [3.8, 4) is 0 Å². The molecule has 0 radical (unpaired) electrons. The lowest BCUT2D eigenvalue weighted by atomic mass is 10.0. The minimum absolute atomic E-state index is 0.0952. The highest BCUT2D eigenvalue weighted by Gasteiger charge is 2.24. The Labute approximate surface area is 109 Å². The maximum atomic E-state index is 12.2. The van der Waals surface area contributed by atoms with Crippen LogP contribution < -0.4 is 5.73 Å². The molecule has 0 fully saturated rings. The van der Waals surface area contributed by atoms with Crippen molar-refractivity contribution in [2.24, 2.45) is 11.7 Å². The molecule has 0 saturated carbocycles. The van der Waals surface area contributed by atoms with Gasteiger partial charge in [-0.05, 0) is 29.9 Å². The van der Waals surface area contributed by atoms with Gasteiger partial charge in [-0.2, -0.15) is 0 Å². The number of hydrogen-bond acceptors (Lipinski definition) is 2. The first-order valence-electron chi connectivity index (χ1n) is 6.70. The summed E-state index contributed by atoms with van der Waals surface area (Å²) in [6.07, 6.45) is 1.87. The third kappa shape index (κ3) is 2.72. The predicted molar refractivity (Wildman–Crippen MR) is 73.2 cm³/mol. The monoisotopic (exact) mass is 246 g/mol. The van der Waals surface area contributed by atoms with Gasteiger partial charge in [0.25, 0.3) is 0 Å². The van der Waals surface area contributed by atoms with Crippen molar-refractivity contribution in [1.29, 1.82) is 0 Å². The predicted octanol–water partition coefficient (Wildman–Crippen LogP) is 1.60. The molecule has 3 nitrogen and oxygen atoms in total. The summed E-state index contributed by atoms with van der Waals surface area (Å²) in [5.74, 6) is 0.293. The van der Waals surface area contributed by atoms with E-state index in [4.69, 9.17) is 5.73 Å². The Bertz CT molecular complexity index is 401. The number of fused-ring (bicyclic) bond motifs is 1. The summed E-state index contributed by atoms with van der Waals surface area (Å²) < 4.78 is 0. The molecule has 2 rings (SSSR count). The van der Waals surface area contributed by atoms with Crippen LogP contribution in [0.4, 0.5) is 0 Å². The smallest absolute Gasteiger partial charge is 0.239 e. The van der Waals surface area contributed by atoms with Gasteiger partial charge >= 0.3 is 0 Å². The van der Waals surface area contributed by atoms with Crippen LogP contribution in [0.2, 0.25) is 0 Å². The summed E-state index contributed by atoms with van der Waals surface area (Å²) in [6, 6.07) is 8.08. The van der Waals surface area contributed by atoms with E-state index in [0.29, 0.717) is 0 Å². The van der Waals surface area contributed by atoms with Crippen molar-refractivity contribution in [3.05, 3.63) is 35.4 Å². The summed E-state index contributed by atoms with van der Waals surface area (Å²) >= 11 is 0. The Hall–Kier alpha value is -1.35. The third-order valence-corrected chi connectivity index (χ3v) is 3.74. The quantitative estimate of drug-likeness (QED) is 0.861. The fraction of sp³-hybridized carbons (Fsp3) is 0.533. The van der Waals surface area contributed by atoms with Crippen molar-refractivity contribution >= 4 is 5.91 Å². The summed E-state index contributed by atoms with van der Waals surface area (Å²) in [7, 11) is 0. The SMILES string of the molecule is CC(C)[C@H](N)C(=O)N1CCc2ccccc2CC1. The minimum Gasteiger partial charge on any atom is -0.341 e. The number of benzene rings is 1. The van der Waals surface area contributed by atoms with E-state index in [-0.39, 0.29) is 17.9 Å². The number of rotatable bonds is 2. The van der Waals surface area contributed by atoms with Crippen molar-refractivity contribution in [1.82, 2.24) is 4.90 Å². The molecule has 0 aromatic heterocycles. The number of carbonyl (C=O) groups is 1. The lowest BCUT2D eigenvalue weighted by Crippen LogP contribution is -2.47. The van der Waals surface area contributed by atoms with Crippen LogP contribution in [-0.2, 0) is 17.6 Å². The highest BCUT2D eigenvalue weighted by molar-refractivity contribution is 5.82. The van der Waals surface area contributed by atoms with E-state index in [9.17, 15) is 4.79 Å². The minimum atomic E-state index is -0.369. The average molecular weight is 246 g/mol. The average Bonchev–Trinajstić information content (AvgIpc) is 2.59. The molecular weight excluding hydrogens is 224 g/mol. The van der Waals surface area contributed by atoms with E-state index in [1.165, 1.54) is 11.1 Å². The molecule has 1 aromatic rings. The van der Waals surface area contributed by atoms with Gasteiger partial charge in [0.05, 0.1) is 6.04 Å².